The van der Waals surface area contributed by atoms with E-state index in [2.05, 4.69) is 5.10 Å². The first-order chi connectivity index (χ1) is 10.4. The van der Waals surface area contributed by atoms with Crippen molar-refractivity contribution in [1.82, 2.24) is 9.19 Å². The Balaban J connectivity index is 2.22. The predicted octanol–water partition coefficient (Wildman–Crippen LogP) is 2.83. The zero-order valence-corrected chi connectivity index (χ0v) is 12.5. The van der Waals surface area contributed by atoms with Gasteiger partial charge in [-0.05, 0) is 30.3 Å². The van der Waals surface area contributed by atoms with Gasteiger partial charge in [-0.25, -0.2) is 0 Å². The fourth-order valence-electron chi connectivity index (χ4n) is 2.00. The van der Waals surface area contributed by atoms with Crippen molar-refractivity contribution in [1.29, 1.82) is 0 Å². The molecule has 0 aliphatic carbocycles. The van der Waals surface area contributed by atoms with E-state index in [1.165, 1.54) is 48.7 Å². The average Bonchev–Trinajstić information content (AvgIpc) is 2.91. The molecule has 0 unspecified atom stereocenters. The standard InChI is InChI=1S/C13H8ClN3O4S/c14-10-2-5-12(6-3-10)22(20,21)16-13-7-11(17(18)19)4-1-9(13)8-15-16/h1-8H. The van der Waals surface area contributed by atoms with Gasteiger partial charge < -0.3 is 0 Å². The predicted molar refractivity (Wildman–Crippen MR) is 80.4 cm³/mol. The number of aromatic nitrogens is 2. The van der Waals surface area contributed by atoms with E-state index in [0.29, 0.717) is 10.4 Å². The molecule has 0 amide bonds. The van der Waals surface area contributed by atoms with Crippen molar-refractivity contribution in [3.63, 3.8) is 0 Å². The van der Waals surface area contributed by atoms with Gasteiger partial charge in [0.25, 0.3) is 15.7 Å². The smallest absolute Gasteiger partial charge is 0.258 e. The zero-order valence-electron chi connectivity index (χ0n) is 10.9. The summed E-state index contributed by atoms with van der Waals surface area (Å²) in [6.45, 7) is 0. The molecule has 3 rings (SSSR count). The second-order valence-electron chi connectivity index (χ2n) is 4.45. The van der Waals surface area contributed by atoms with Gasteiger partial charge in [0, 0.05) is 22.5 Å². The third kappa shape index (κ3) is 2.32. The van der Waals surface area contributed by atoms with Crippen LogP contribution >= 0.6 is 11.6 Å². The van der Waals surface area contributed by atoms with Gasteiger partial charge in [0.2, 0.25) is 0 Å². The van der Waals surface area contributed by atoms with Gasteiger partial charge in [-0.1, -0.05) is 11.6 Å². The second kappa shape index (κ2) is 5.08. The molecule has 22 heavy (non-hydrogen) atoms. The topological polar surface area (TPSA) is 95.1 Å². The minimum atomic E-state index is -3.96. The molecule has 7 nitrogen and oxygen atoms in total. The Bertz CT molecular complexity index is 980. The highest BCUT2D eigenvalue weighted by molar-refractivity contribution is 7.90. The number of rotatable bonds is 3. The Morgan fingerprint density at radius 1 is 1.14 bits per heavy atom. The molecule has 0 radical (unpaired) electrons. The average molecular weight is 338 g/mol. The molecular weight excluding hydrogens is 330 g/mol. The van der Waals surface area contributed by atoms with Crippen LogP contribution in [0.4, 0.5) is 5.69 Å². The van der Waals surface area contributed by atoms with Crippen LogP contribution in [0.5, 0.6) is 0 Å². The molecule has 0 atom stereocenters. The van der Waals surface area contributed by atoms with Crippen LogP contribution in [0.3, 0.4) is 0 Å². The van der Waals surface area contributed by atoms with Crippen LogP contribution in [0.15, 0.2) is 53.6 Å². The normalized spacial score (nSPS) is 11.7. The third-order valence-corrected chi connectivity index (χ3v) is 4.94. The molecule has 1 heterocycles. The molecule has 0 saturated heterocycles. The maximum atomic E-state index is 12.6. The summed E-state index contributed by atoms with van der Waals surface area (Å²) in [5.41, 5.74) is -0.0651. The summed E-state index contributed by atoms with van der Waals surface area (Å²) in [6, 6.07) is 9.52. The van der Waals surface area contributed by atoms with Crippen molar-refractivity contribution >= 4 is 38.2 Å². The highest BCUT2D eigenvalue weighted by Crippen LogP contribution is 2.24. The monoisotopic (exact) mass is 337 g/mol. The maximum Gasteiger partial charge on any atom is 0.283 e. The van der Waals surface area contributed by atoms with Crippen LogP contribution in [0, 0.1) is 10.1 Å². The SMILES string of the molecule is O=[N+]([O-])c1ccc2cnn(S(=O)(=O)c3ccc(Cl)cc3)c2c1. The van der Waals surface area contributed by atoms with Crippen LogP contribution < -0.4 is 0 Å². The van der Waals surface area contributed by atoms with Crippen molar-refractivity contribution in [3.05, 3.63) is 63.8 Å². The molecule has 2 aromatic carbocycles. The van der Waals surface area contributed by atoms with Crippen molar-refractivity contribution in [3.8, 4) is 0 Å². The molecule has 0 saturated carbocycles. The highest BCUT2D eigenvalue weighted by atomic mass is 35.5. The van der Waals surface area contributed by atoms with E-state index in [0.717, 1.165) is 4.09 Å². The van der Waals surface area contributed by atoms with Gasteiger partial charge >= 0.3 is 0 Å². The number of hydrogen-bond donors (Lipinski definition) is 0. The summed E-state index contributed by atoms with van der Waals surface area (Å²) in [4.78, 5) is 10.2. The number of nitro groups is 1. The number of nitro benzene ring substituents is 1. The van der Waals surface area contributed by atoms with Gasteiger partial charge in [0.1, 0.15) is 0 Å². The van der Waals surface area contributed by atoms with Crippen LogP contribution in [-0.2, 0) is 10.0 Å². The number of halogens is 1. The van der Waals surface area contributed by atoms with Gasteiger partial charge in [0.05, 0.1) is 21.5 Å². The largest absolute Gasteiger partial charge is 0.283 e. The van der Waals surface area contributed by atoms with Gasteiger partial charge in [-0.15, -0.1) is 0 Å². The number of fused-ring (bicyclic) bond motifs is 1. The Morgan fingerprint density at radius 2 is 1.82 bits per heavy atom. The molecular formula is C13H8ClN3O4S. The molecule has 0 aliphatic rings. The molecule has 0 aliphatic heterocycles. The van der Waals surface area contributed by atoms with Crippen molar-refractivity contribution < 1.29 is 13.3 Å². The summed E-state index contributed by atoms with van der Waals surface area (Å²) in [7, 11) is -3.96. The van der Waals surface area contributed by atoms with Crippen LogP contribution in [0.2, 0.25) is 5.02 Å². The minimum absolute atomic E-state index is 0.00611. The fourth-order valence-corrected chi connectivity index (χ4v) is 3.39. The quantitative estimate of drug-likeness (QED) is 0.541. The summed E-state index contributed by atoms with van der Waals surface area (Å²) < 4.78 is 26.0. The number of non-ortho nitro benzene ring substituents is 1. The molecule has 0 fully saturated rings. The van der Waals surface area contributed by atoms with E-state index in [4.69, 9.17) is 11.6 Å². The molecule has 112 valence electrons. The van der Waals surface area contributed by atoms with E-state index in [-0.39, 0.29) is 16.1 Å². The first kappa shape index (κ1) is 14.5. The lowest BCUT2D eigenvalue weighted by molar-refractivity contribution is -0.384. The number of benzene rings is 2. The lowest BCUT2D eigenvalue weighted by atomic mass is 10.2. The second-order valence-corrected chi connectivity index (χ2v) is 6.65. The van der Waals surface area contributed by atoms with Crippen molar-refractivity contribution in [2.24, 2.45) is 0 Å². The molecule has 1 aromatic heterocycles. The summed E-state index contributed by atoms with van der Waals surface area (Å²) in [5.74, 6) is 0. The Hall–Kier alpha value is -2.45. The van der Waals surface area contributed by atoms with E-state index >= 15 is 0 Å². The molecule has 9 heteroatoms. The van der Waals surface area contributed by atoms with E-state index < -0.39 is 14.9 Å². The van der Waals surface area contributed by atoms with E-state index in [9.17, 15) is 18.5 Å². The van der Waals surface area contributed by atoms with Crippen LogP contribution in [0.25, 0.3) is 10.9 Å². The summed E-state index contributed by atoms with van der Waals surface area (Å²) in [5, 5.41) is 15.6. The Labute approximate surface area is 129 Å². The van der Waals surface area contributed by atoms with Crippen LogP contribution in [0.1, 0.15) is 0 Å². The lowest BCUT2D eigenvalue weighted by Crippen LogP contribution is -2.14. The highest BCUT2D eigenvalue weighted by Gasteiger charge is 2.21. The fraction of sp³-hybridized carbons (Fsp3) is 0. The Kier molecular flexibility index (Phi) is 3.34. The first-order valence-corrected chi connectivity index (χ1v) is 7.85. The van der Waals surface area contributed by atoms with Gasteiger partial charge in [0.15, 0.2) is 0 Å². The number of hydrogen-bond acceptors (Lipinski definition) is 5. The number of nitrogens with zero attached hydrogens (tertiary/aromatic N) is 3. The van der Waals surface area contributed by atoms with Crippen LogP contribution in [-0.4, -0.2) is 22.5 Å². The van der Waals surface area contributed by atoms with Crippen molar-refractivity contribution in [2.45, 2.75) is 4.90 Å². The Morgan fingerprint density at radius 3 is 2.45 bits per heavy atom. The molecule has 0 N–H and O–H groups in total. The summed E-state index contributed by atoms with van der Waals surface area (Å²) >= 11 is 5.75. The molecule has 3 aromatic rings. The molecule has 0 bridgehead atoms. The third-order valence-electron chi connectivity index (χ3n) is 3.07. The van der Waals surface area contributed by atoms with E-state index in [1.807, 2.05) is 0 Å². The van der Waals surface area contributed by atoms with Crippen molar-refractivity contribution in [2.75, 3.05) is 0 Å². The van der Waals surface area contributed by atoms with Gasteiger partial charge in [-0.2, -0.15) is 17.6 Å². The van der Waals surface area contributed by atoms with Gasteiger partial charge in [-0.3, -0.25) is 10.1 Å². The molecule has 0 spiro atoms. The summed E-state index contributed by atoms with van der Waals surface area (Å²) in [6.07, 6.45) is 1.34. The maximum absolute atomic E-state index is 12.6. The minimum Gasteiger partial charge on any atom is -0.258 e. The lowest BCUT2D eigenvalue weighted by Gasteiger charge is -2.06. The zero-order chi connectivity index (χ0) is 15.9. The van der Waals surface area contributed by atoms with E-state index in [1.54, 1.807) is 0 Å². The first-order valence-electron chi connectivity index (χ1n) is 6.03.